The molecule has 2 aromatic heterocycles. The van der Waals surface area contributed by atoms with Gasteiger partial charge in [0.1, 0.15) is 5.65 Å². The molecule has 1 aromatic carbocycles. The first-order valence-corrected chi connectivity index (χ1v) is 10.1. The summed E-state index contributed by atoms with van der Waals surface area (Å²) >= 11 is 0. The summed E-state index contributed by atoms with van der Waals surface area (Å²) in [6, 6.07) is 10.5. The maximum atomic E-state index is 12.7. The van der Waals surface area contributed by atoms with Crippen LogP contribution in [0.2, 0.25) is 0 Å². The SMILES string of the molecule is C[C@@H](Cc1ccc(N2CCNCC2)cc1)NC(=O)c1cnc2c(c1)c(N)cn2C. The number of rotatable bonds is 5. The normalized spacial score (nSPS) is 15.4. The lowest BCUT2D eigenvalue weighted by Crippen LogP contribution is -2.43. The number of amides is 1. The van der Waals surface area contributed by atoms with Gasteiger partial charge in [-0.25, -0.2) is 4.98 Å². The van der Waals surface area contributed by atoms with E-state index in [1.54, 1.807) is 6.20 Å². The number of pyridine rings is 1. The fraction of sp³-hybridized carbons (Fsp3) is 0.364. The van der Waals surface area contributed by atoms with Gasteiger partial charge in [0.05, 0.1) is 11.3 Å². The molecule has 0 radical (unpaired) electrons. The van der Waals surface area contributed by atoms with Crippen molar-refractivity contribution in [3.8, 4) is 0 Å². The Morgan fingerprint density at radius 2 is 2.00 bits per heavy atom. The second kappa shape index (κ2) is 8.13. The minimum Gasteiger partial charge on any atom is -0.397 e. The highest BCUT2D eigenvalue weighted by atomic mass is 16.1. The van der Waals surface area contributed by atoms with Crippen molar-refractivity contribution >= 4 is 28.3 Å². The molecule has 0 unspecified atom stereocenters. The molecule has 7 nitrogen and oxygen atoms in total. The van der Waals surface area contributed by atoms with Crippen LogP contribution in [0.4, 0.5) is 11.4 Å². The van der Waals surface area contributed by atoms with Gasteiger partial charge in [-0.1, -0.05) is 12.1 Å². The van der Waals surface area contributed by atoms with Crippen LogP contribution in [0.1, 0.15) is 22.8 Å². The van der Waals surface area contributed by atoms with Crippen LogP contribution in [-0.2, 0) is 13.5 Å². The molecule has 1 aliphatic rings. The van der Waals surface area contributed by atoms with Crippen molar-refractivity contribution in [2.75, 3.05) is 36.8 Å². The minimum absolute atomic E-state index is 0.0105. The van der Waals surface area contributed by atoms with Crippen molar-refractivity contribution in [3.05, 3.63) is 53.9 Å². The lowest BCUT2D eigenvalue weighted by atomic mass is 10.1. The Hall–Kier alpha value is -3.06. The number of hydrogen-bond acceptors (Lipinski definition) is 5. The molecule has 0 bridgehead atoms. The van der Waals surface area contributed by atoms with E-state index in [4.69, 9.17) is 5.73 Å². The molecule has 1 fully saturated rings. The average Bonchev–Trinajstić information content (AvgIpc) is 3.02. The Balaban J connectivity index is 1.38. The molecule has 29 heavy (non-hydrogen) atoms. The Bertz CT molecular complexity index is 1000. The van der Waals surface area contributed by atoms with Crippen molar-refractivity contribution in [1.82, 2.24) is 20.2 Å². The zero-order chi connectivity index (χ0) is 20.4. The number of nitrogens with two attached hydrogens (primary N) is 1. The Morgan fingerprint density at radius 3 is 2.72 bits per heavy atom. The van der Waals surface area contributed by atoms with Crippen LogP contribution < -0.4 is 21.3 Å². The van der Waals surface area contributed by atoms with E-state index in [9.17, 15) is 4.79 Å². The van der Waals surface area contributed by atoms with Gasteiger partial charge in [0.2, 0.25) is 0 Å². The number of piperazine rings is 1. The van der Waals surface area contributed by atoms with Gasteiger partial charge < -0.3 is 25.8 Å². The summed E-state index contributed by atoms with van der Waals surface area (Å²) in [6.45, 7) is 6.15. The molecule has 3 aromatic rings. The first-order valence-electron chi connectivity index (χ1n) is 10.1. The molecule has 4 N–H and O–H groups in total. The molecular formula is C22H28N6O. The second-order valence-electron chi connectivity index (χ2n) is 7.77. The summed E-state index contributed by atoms with van der Waals surface area (Å²) in [4.78, 5) is 19.4. The number of nitrogen functional groups attached to an aromatic ring is 1. The van der Waals surface area contributed by atoms with Gasteiger partial charge in [-0.15, -0.1) is 0 Å². The molecule has 1 atom stereocenters. The zero-order valence-corrected chi connectivity index (χ0v) is 17.0. The fourth-order valence-corrected chi connectivity index (χ4v) is 3.89. The first-order chi connectivity index (χ1) is 14.0. The molecule has 152 valence electrons. The number of nitrogens with zero attached hydrogens (tertiary/aromatic N) is 3. The highest BCUT2D eigenvalue weighted by Gasteiger charge is 2.14. The van der Waals surface area contributed by atoms with Gasteiger partial charge in [0.15, 0.2) is 0 Å². The van der Waals surface area contributed by atoms with Crippen LogP contribution in [0.25, 0.3) is 11.0 Å². The number of nitrogens with one attached hydrogen (secondary N) is 2. The fourth-order valence-electron chi connectivity index (χ4n) is 3.89. The molecule has 0 aliphatic carbocycles. The van der Waals surface area contributed by atoms with Gasteiger partial charge in [0.25, 0.3) is 5.91 Å². The van der Waals surface area contributed by atoms with E-state index in [1.807, 2.05) is 30.8 Å². The molecular weight excluding hydrogens is 364 g/mol. The molecule has 3 heterocycles. The third kappa shape index (κ3) is 4.19. The topological polar surface area (TPSA) is 88.2 Å². The third-order valence-corrected chi connectivity index (χ3v) is 5.44. The minimum atomic E-state index is -0.132. The van der Waals surface area contributed by atoms with Crippen molar-refractivity contribution in [2.45, 2.75) is 19.4 Å². The third-order valence-electron chi connectivity index (χ3n) is 5.44. The molecule has 7 heteroatoms. The van der Waals surface area contributed by atoms with Crippen LogP contribution in [0.15, 0.2) is 42.7 Å². The quantitative estimate of drug-likeness (QED) is 0.617. The summed E-state index contributed by atoms with van der Waals surface area (Å²) in [7, 11) is 1.89. The monoisotopic (exact) mass is 392 g/mol. The number of fused-ring (bicyclic) bond motifs is 1. The average molecular weight is 393 g/mol. The van der Waals surface area contributed by atoms with Gasteiger partial charge in [-0.05, 0) is 37.1 Å². The van der Waals surface area contributed by atoms with E-state index < -0.39 is 0 Å². The van der Waals surface area contributed by atoms with Gasteiger partial charge in [0, 0.05) is 62.7 Å². The van der Waals surface area contributed by atoms with Crippen LogP contribution in [0.3, 0.4) is 0 Å². The molecule has 1 aliphatic heterocycles. The van der Waals surface area contributed by atoms with E-state index in [0.29, 0.717) is 11.3 Å². The number of carbonyl (C=O) groups is 1. The standard InChI is InChI=1S/C22H28N6O/c1-15(11-16-3-5-18(6-4-16)28-9-7-24-8-10-28)26-22(29)17-12-19-20(23)14-27(2)21(19)25-13-17/h3-6,12-15,24H,7-11,23H2,1-2H3,(H,26,29)/t15-/m0/s1. The van der Waals surface area contributed by atoms with E-state index in [1.165, 1.54) is 11.3 Å². The summed E-state index contributed by atoms with van der Waals surface area (Å²) < 4.78 is 1.86. The van der Waals surface area contributed by atoms with Gasteiger partial charge in [-0.3, -0.25) is 4.79 Å². The van der Waals surface area contributed by atoms with Crippen LogP contribution >= 0.6 is 0 Å². The smallest absolute Gasteiger partial charge is 0.253 e. The van der Waals surface area contributed by atoms with Gasteiger partial charge in [-0.2, -0.15) is 0 Å². The molecule has 1 amide bonds. The Kier molecular flexibility index (Phi) is 5.40. The summed E-state index contributed by atoms with van der Waals surface area (Å²) in [5, 5.41) is 7.24. The zero-order valence-electron chi connectivity index (χ0n) is 17.0. The summed E-state index contributed by atoms with van der Waals surface area (Å²) in [6.07, 6.45) is 4.19. The molecule has 0 saturated carbocycles. The van der Waals surface area contributed by atoms with Crippen molar-refractivity contribution in [3.63, 3.8) is 0 Å². The number of benzene rings is 1. The van der Waals surface area contributed by atoms with Crippen LogP contribution in [-0.4, -0.2) is 47.7 Å². The van der Waals surface area contributed by atoms with E-state index in [0.717, 1.165) is 43.6 Å². The summed E-state index contributed by atoms with van der Waals surface area (Å²) in [5.41, 5.74) is 10.4. The lowest BCUT2D eigenvalue weighted by Gasteiger charge is -2.29. The number of aromatic nitrogens is 2. The summed E-state index contributed by atoms with van der Waals surface area (Å²) in [5.74, 6) is -0.132. The maximum Gasteiger partial charge on any atom is 0.253 e. The van der Waals surface area contributed by atoms with Gasteiger partial charge >= 0.3 is 0 Å². The first kappa shape index (κ1) is 19.3. The number of hydrogen-bond donors (Lipinski definition) is 3. The van der Waals surface area contributed by atoms with Crippen LogP contribution in [0, 0.1) is 0 Å². The van der Waals surface area contributed by atoms with Crippen molar-refractivity contribution in [1.29, 1.82) is 0 Å². The lowest BCUT2D eigenvalue weighted by molar-refractivity contribution is 0.0940. The van der Waals surface area contributed by atoms with Crippen molar-refractivity contribution in [2.24, 2.45) is 7.05 Å². The Morgan fingerprint density at radius 1 is 1.28 bits per heavy atom. The van der Waals surface area contributed by atoms with E-state index in [2.05, 4.69) is 44.8 Å². The predicted molar refractivity (Wildman–Crippen MR) is 117 cm³/mol. The molecule has 4 rings (SSSR count). The molecule has 0 spiro atoms. The van der Waals surface area contributed by atoms with E-state index in [-0.39, 0.29) is 11.9 Å². The highest BCUT2D eigenvalue weighted by Crippen LogP contribution is 2.22. The van der Waals surface area contributed by atoms with Crippen molar-refractivity contribution < 1.29 is 4.79 Å². The second-order valence-corrected chi connectivity index (χ2v) is 7.77. The predicted octanol–water partition coefficient (Wildman–Crippen LogP) is 1.93. The largest absolute Gasteiger partial charge is 0.397 e. The number of anilines is 2. The van der Waals surface area contributed by atoms with Crippen LogP contribution in [0.5, 0.6) is 0 Å². The number of aryl methyl sites for hydroxylation is 1. The highest BCUT2D eigenvalue weighted by molar-refractivity contribution is 5.99. The maximum absolute atomic E-state index is 12.7. The van der Waals surface area contributed by atoms with E-state index >= 15 is 0 Å². The molecule has 1 saturated heterocycles. The Labute approximate surface area is 170 Å². The number of carbonyl (C=O) groups excluding carboxylic acids is 1.